The van der Waals surface area contributed by atoms with Crippen LogP contribution < -0.4 is 16.9 Å². The lowest BCUT2D eigenvalue weighted by Gasteiger charge is -2.05. The molecule has 0 atom stereocenters. The molecular weight excluding hydrogens is 380 g/mol. The molecule has 0 aliphatic carbocycles. The molecule has 3 rings (SSSR count). The van der Waals surface area contributed by atoms with E-state index in [1.807, 2.05) is 0 Å². The molecule has 3 aromatic rings. The van der Waals surface area contributed by atoms with Crippen LogP contribution in [-0.4, -0.2) is 9.97 Å². The van der Waals surface area contributed by atoms with Crippen molar-refractivity contribution in [1.82, 2.24) is 9.97 Å². The molecule has 0 amide bonds. The summed E-state index contributed by atoms with van der Waals surface area (Å²) in [6.45, 7) is 0. The average molecular weight is 386 g/mol. The summed E-state index contributed by atoms with van der Waals surface area (Å²) in [5.74, 6) is -0.0324. The van der Waals surface area contributed by atoms with E-state index in [1.54, 1.807) is 12.1 Å². The highest BCUT2D eigenvalue weighted by molar-refractivity contribution is 9.11. The number of nitrogen functional groups attached to an aromatic ring is 2. The molecule has 8 heteroatoms. The Bertz CT molecular complexity index is 891. The maximum Gasteiger partial charge on any atom is 0.237 e. The second-order valence-corrected chi connectivity index (χ2v) is 5.61. The fourth-order valence-electron chi connectivity index (χ4n) is 1.83. The van der Waals surface area contributed by atoms with Crippen LogP contribution in [0.4, 0.5) is 11.8 Å². The van der Waals surface area contributed by atoms with E-state index < -0.39 is 0 Å². The van der Waals surface area contributed by atoms with Crippen molar-refractivity contribution in [3.8, 4) is 0 Å². The van der Waals surface area contributed by atoms with E-state index in [2.05, 4.69) is 41.8 Å². The van der Waals surface area contributed by atoms with E-state index in [0.717, 1.165) is 4.47 Å². The number of fused-ring (bicyclic) bond motifs is 2. The molecule has 0 unspecified atom stereocenters. The van der Waals surface area contributed by atoms with Crippen LogP contribution in [0, 0.1) is 0 Å². The normalized spacial score (nSPS) is 11.3. The fraction of sp³-hybridized carbons (Fsp3) is 0. The Morgan fingerprint density at radius 1 is 1.16 bits per heavy atom. The minimum Gasteiger partial charge on any atom is -0.436 e. The molecule has 0 radical (unpaired) electrons. The van der Waals surface area contributed by atoms with E-state index in [9.17, 15) is 4.79 Å². The van der Waals surface area contributed by atoms with Crippen molar-refractivity contribution in [3.05, 3.63) is 31.3 Å². The number of anilines is 2. The molecule has 0 bridgehead atoms. The van der Waals surface area contributed by atoms with E-state index >= 15 is 0 Å². The maximum absolute atomic E-state index is 12.4. The summed E-state index contributed by atoms with van der Waals surface area (Å²) in [6.07, 6.45) is 0. The first-order valence-corrected chi connectivity index (χ1v) is 6.70. The lowest BCUT2D eigenvalue weighted by Crippen LogP contribution is -2.09. The first-order chi connectivity index (χ1) is 8.97. The Labute approximate surface area is 123 Å². The van der Waals surface area contributed by atoms with E-state index in [1.165, 1.54) is 0 Å². The van der Waals surface area contributed by atoms with Crippen LogP contribution in [0.25, 0.3) is 22.1 Å². The van der Waals surface area contributed by atoms with Crippen molar-refractivity contribution >= 4 is 65.7 Å². The lowest BCUT2D eigenvalue weighted by molar-refractivity contribution is 0.642. The molecule has 4 N–H and O–H groups in total. The Hall–Kier alpha value is -1.67. The van der Waals surface area contributed by atoms with Gasteiger partial charge in [-0.25, -0.2) is 0 Å². The van der Waals surface area contributed by atoms with E-state index in [4.69, 9.17) is 15.9 Å². The largest absolute Gasteiger partial charge is 0.436 e. The van der Waals surface area contributed by atoms with Crippen molar-refractivity contribution in [1.29, 1.82) is 0 Å². The first-order valence-electron chi connectivity index (χ1n) is 5.12. The Morgan fingerprint density at radius 3 is 2.63 bits per heavy atom. The highest BCUT2D eigenvalue weighted by Crippen LogP contribution is 2.29. The van der Waals surface area contributed by atoms with Crippen LogP contribution in [0.2, 0.25) is 0 Å². The minimum absolute atomic E-state index is 0.00856. The number of nitrogens with two attached hydrogens (primary N) is 2. The SMILES string of the molecule is Nc1nc(N)c2c(=O)c3cc(Br)cc(Br)c3oc2n1. The van der Waals surface area contributed by atoms with Crippen LogP contribution in [0.5, 0.6) is 0 Å². The molecule has 0 aliphatic rings. The van der Waals surface area contributed by atoms with Gasteiger partial charge in [0, 0.05) is 4.47 Å². The molecule has 0 spiro atoms. The van der Waals surface area contributed by atoms with Crippen LogP contribution in [0.3, 0.4) is 0 Å². The van der Waals surface area contributed by atoms with Gasteiger partial charge in [-0.2, -0.15) is 9.97 Å². The summed E-state index contributed by atoms with van der Waals surface area (Å²) in [6, 6.07) is 3.42. The molecule has 0 saturated carbocycles. The minimum atomic E-state index is -0.296. The van der Waals surface area contributed by atoms with Crippen molar-refractivity contribution in [2.45, 2.75) is 0 Å². The molecule has 6 nitrogen and oxygen atoms in total. The predicted octanol–water partition coefficient (Wildman–Crippen LogP) is 2.43. The monoisotopic (exact) mass is 384 g/mol. The van der Waals surface area contributed by atoms with Gasteiger partial charge in [-0.15, -0.1) is 0 Å². The summed E-state index contributed by atoms with van der Waals surface area (Å²) in [4.78, 5) is 20.1. The highest BCUT2D eigenvalue weighted by atomic mass is 79.9. The summed E-state index contributed by atoms with van der Waals surface area (Å²) >= 11 is 6.65. The predicted molar refractivity (Wildman–Crippen MR) is 79.8 cm³/mol. The Kier molecular flexibility index (Phi) is 2.72. The number of halogens is 2. The molecule has 0 fully saturated rings. The number of aromatic nitrogens is 2. The molecule has 2 aromatic heterocycles. The Morgan fingerprint density at radius 2 is 1.89 bits per heavy atom. The van der Waals surface area contributed by atoms with Crippen LogP contribution in [0.1, 0.15) is 0 Å². The molecule has 0 aliphatic heterocycles. The van der Waals surface area contributed by atoms with Crippen molar-refractivity contribution < 1.29 is 4.42 Å². The average Bonchev–Trinajstić information content (AvgIpc) is 2.30. The topological polar surface area (TPSA) is 108 Å². The Balaban J connectivity index is 2.64. The van der Waals surface area contributed by atoms with Gasteiger partial charge in [-0.3, -0.25) is 4.79 Å². The molecule has 1 aromatic carbocycles. The number of hydrogen-bond donors (Lipinski definition) is 2. The van der Waals surface area contributed by atoms with Gasteiger partial charge in [0.2, 0.25) is 17.1 Å². The molecule has 2 heterocycles. The third-order valence-corrected chi connectivity index (χ3v) is 3.65. The van der Waals surface area contributed by atoms with Gasteiger partial charge in [-0.1, -0.05) is 15.9 Å². The zero-order chi connectivity index (χ0) is 13.7. The second kappa shape index (κ2) is 4.17. The van der Waals surface area contributed by atoms with Gasteiger partial charge < -0.3 is 15.9 Å². The summed E-state index contributed by atoms with van der Waals surface area (Å²) in [7, 11) is 0. The number of hydrogen-bond acceptors (Lipinski definition) is 6. The molecule has 19 heavy (non-hydrogen) atoms. The van der Waals surface area contributed by atoms with Crippen LogP contribution >= 0.6 is 31.9 Å². The van der Waals surface area contributed by atoms with Crippen LogP contribution in [0.15, 0.2) is 30.3 Å². The van der Waals surface area contributed by atoms with Gasteiger partial charge in [0.05, 0.1) is 9.86 Å². The van der Waals surface area contributed by atoms with Gasteiger partial charge in [-0.05, 0) is 28.1 Å². The van der Waals surface area contributed by atoms with Crippen LogP contribution in [-0.2, 0) is 0 Å². The standard InChI is InChI=1S/C11H6Br2N4O2/c12-3-1-4-7(18)6-9(14)16-11(15)17-10(6)19-8(4)5(13)2-3/h1-2H,(H4,14,15,16,17). The molecule has 0 saturated heterocycles. The zero-order valence-electron chi connectivity index (χ0n) is 9.28. The van der Waals surface area contributed by atoms with Gasteiger partial charge >= 0.3 is 0 Å². The van der Waals surface area contributed by atoms with Gasteiger partial charge in [0.1, 0.15) is 11.2 Å². The zero-order valence-corrected chi connectivity index (χ0v) is 12.4. The third-order valence-electron chi connectivity index (χ3n) is 2.60. The third kappa shape index (κ3) is 1.87. The van der Waals surface area contributed by atoms with Crippen molar-refractivity contribution in [2.24, 2.45) is 0 Å². The highest BCUT2D eigenvalue weighted by Gasteiger charge is 2.15. The van der Waals surface area contributed by atoms with E-state index in [-0.39, 0.29) is 28.3 Å². The number of rotatable bonds is 0. The maximum atomic E-state index is 12.4. The van der Waals surface area contributed by atoms with Crippen molar-refractivity contribution in [3.63, 3.8) is 0 Å². The summed E-state index contributed by atoms with van der Waals surface area (Å²) < 4.78 is 6.97. The molecule has 96 valence electrons. The quantitative estimate of drug-likeness (QED) is 0.575. The van der Waals surface area contributed by atoms with E-state index in [0.29, 0.717) is 15.4 Å². The first kappa shape index (κ1) is 12.4. The van der Waals surface area contributed by atoms with Gasteiger partial charge in [0.25, 0.3) is 0 Å². The smallest absolute Gasteiger partial charge is 0.237 e. The lowest BCUT2D eigenvalue weighted by atomic mass is 10.2. The fourth-order valence-corrected chi connectivity index (χ4v) is 3.13. The van der Waals surface area contributed by atoms with Crippen molar-refractivity contribution in [2.75, 3.05) is 11.5 Å². The number of benzene rings is 1. The van der Waals surface area contributed by atoms with Gasteiger partial charge in [0.15, 0.2) is 5.58 Å². The summed E-state index contributed by atoms with van der Waals surface area (Å²) in [5.41, 5.74) is 11.4. The number of nitrogens with zero attached hydrogens (tertiary/aromatic N) is 2. The molecular formula is C11H6Br2N4O2. The second-order valence-electron chi connectivity index (χ2n) is 3.84. The summed E-state index contributed by atoms with van der Waals surface area (Å²) in [5, 5.41) is 0.514.